The van der Waals surface area contributed by atoms with Gasteiger partial charge in [0.1, 0.15) is 4.38 Å². The van der Waals surface area contributed by atoms with E-state index in [0.29, 0.717) is 12.3 Å². The van der Waals surface area contributed by atoms with Crippen LogP contribution in [0.3, 0.4) is 0 Å². The van der Waals surface area contributed by atoms with Crippen LogP contribution in [-0.2, 0) is 11.2 Å². The van der Waals surface area contributed by atoms with Crippen LogP contribution in [0.25, 0.3) is 0 Å². The summed E-state index contributed by atoms with van der Waals surface area (Å²) in [6, 6.07) is 10.2. The smallest absolute Gasteiger partial charge is 0.230 e. The van der Waals surface area contributed by atoms with Gasteiger partial charge in [0, 0.05) is 12.3 Å². The molecule has 0 fully saturated rings. The fourth-order valence-corrected chi connectivity index (χ4v) is 3.41. The summed E-state index contributed by atoms with van der Waals surface area (Å²) < 4.78 is 1.05. The number of aliphatic imine (C=N–C) groups is 1. The Hall–Kier alpha value is -0.940. The first-order chi connectivity index (χ1) is 8.84. The fraction of sp³-hybridized carbons (Fsp3) is 0.385. The van der Waals surface area contributed by atoms with Crippen molar-refractivity contribution in [2.75, 3.05) is 24.6 Å². The van der Waals surface area contributed by atoms with E-state index in [0.717, 1.165) is 23.1 Å². The highest BCUT2D eigenvalue weighted by Gasteiger charge is 2.09. The van der Waals surface area contributed by atoms with Gasteiger partial charge in [-0.05, 0) is 12.0 Å². The maximum absolute atomic E-state index is 11.6. The van der Waals surface area contributed by atoms with Gasteiger partial charge in [0.15, 0.2) is 0 Å². The molecular formula is C13H16N2OS2. The minimum absolute atomic E-state index is 0.0890. The SMILES string of the molecule is O=C(CSC1=NCCS1)NCCc1ccccc1. The Kier molecular flexibility index (Phi) is 5.61. The Labute approximate surface area is 116 Å². The predicted octanol–water partition coefficient (Wildman–Crippen LogP) is 2.18. The van der Waals surface area contributed by atoms with Gasteiger partial charge in [-0.3, -0.25) is 9.79 Å². The first-order valence-electron chi connectivity index (χ1n) is 5.95. The normalized spacial score (nSPS) is 14.3. The molecule has 0 bridgehead atoms. The first kappa shape index (κ1) is 13.5. The van der Waals surface area contributed by atoms with Crippen molar-refractivity contribution in [1.29, 1.82) is 0 Å². The van der Waals surface area contributed by atoms with Crippen LogP contribution in [0.5, 0.6) is 0 Å². The molecule has 1 aliphatic rings. The zero-order valence-corrected chi connectivity index (χ0v) is 11.7. The number of nitrogens with zero attached hydrogens (tertiary/aromatic N) is 1. The van der Waals surface area contributed by atoms with Gasteiger partial charge >= 0.3 is 0 Å². The average molecular weight is 280 g/mol. The minimum Gasteiger partial charge on any atom is -0.355 e. The van der Waals surface area contributed by atoms with Crippen LogP contribution in [0, 0.1) is 0 Å². The number of amides is 1. The van der Waals surface area contributed by atoms with Gasteiger partial charge in [-0.15, -0.1) is 0 Å². The number of benzene rings is 1. The third-order valence-corrected chi connectivity index (χ3v) is 4.72. The number of hydrogen-bond donors (Lipinski definition) is 1. The van der Waals surface area contributed by atoms with Crippen molar-refractivity contribution in [3.05, 3.63) is 35.9 Å². The van der Waals surface area contributed by atoms with E-state index in [1.54, 1.807) is 11.8 Å². The van der Waals surface area contributed by atoms with E-state index in [-0.39, 0.29) is 5.91 Å². The zero-order chi connectivity index (χ0) is 12.6. The lowest BCUT2D eigenvalue weighted by molar-refractivity contribution is -0.118. The first-order valence-corrected chi connectivity index (χ1v) is 7.92. The van der Waals surface area contributed by atoms with Crippen molar-refractivity contribution in [3.63, 3.8) is 0 Å². The van der Waals surface area contributed by atoms with Crippen LogP contribution in [0.2, 0.25) is 0 Å². The summed E-state index contributed by atoms with van der Waals surface area (Å²) in [6.45, 7) is 1.59. The summed E-state index contributed by atoms with van der Waals surface area (Å²) in [5.41, 5.74) is 1.25. The standard InChI is InChI=1S/C13H16N2OS2/c16-12(10-18-13-15-8-9-17-13)14-7-6-11-4-2-1-3-5-11/h1-5H,6-10H2,(H,14,16). The van der Waals surface area contributed by atoms with E-state index in [4.69, 9.17) is 0 Å². The van der Waals surface area contributed by atoms with Gasteiger partial charge in [0.2, 0.25) is 5.91 Å². The molecule has 1 aromatic carbocycles. The van der Waals surface area contributed by atoms with Gasteiger partial charge in [-0.1, -0.05) is 53.9 Å². The molecule has 2 rings (SSSR count). The van der Waals surface area contributed by atoms with Crippen molar-refractivity contribution < 1.29 is 4.79 Å². The van der Waals surface area contributed by atoms with Gasteiger partial charge in [-0.2, -0.15) is 0 Å². The lowest BCUT2D eigenvalue weighted by Gasteiger charge is -2.05. The van der Waals surface area contributed by atoms with Gasteiger partial charge in [0.25, 0.3) is 0 Å². The summed E-state index contributed by atoms with van der Waals surface area (Å²) in [5.74, 6) is 1.62. The molecule has 0 unspecified atom stereocenters. The molecule has 96 valence electrons. The number of thioether (sulfide) groups is 2. The molecule has 0 saturated heterocycles. The molecule has 1 aromatic rings. The topological polar surface area (TPSA) is 41.5 Å². The molecular weight excluding hydrogens is 264 g/mol. The van der Waals surface area contributed by atoms with Crippen molar-refractivity contribution >= 4 is 33.8 Å². The number of carbonyl (C=O) groups excluding carboxylic acids is 1. The number of hydrogen-bond acceptors (Lipinski definition) is 4. The molecule has 0 atom stereocenters. The number of nitrogens with one attached hydrogen (secondary N) is 1. The Bertz CT molecular complexity index is 420. The molecule has 1 amide bonds. The van der Waals surface area contributed by atoms with Crippen molar-refractivity contribution in [1.82, 2.24) is 5.32 Å². The van der Waals surface area contributed by atoms with Crippen molar-refractivity contribution in [2.24, 2.45) is 4.99 Å². The van der Waals surface area contributed by atoms with E-state index in [2.05, 4.69) is 22.4 Å². The van der Waals surface area contributed by atoms with Crippen LogP contribution in [0.4, 0.5) is 0 Å². The molecule has 0 saturated carbocycles. The van der Waals surface area contributed by atoms with Gasteiger partial charge in [0.05, 0.1) is 12.3 Å². The van der Waals surface area contributed by atoms with Crippen LogP contribution < -0.4 is 5.32 Å². The van der Waals surface area contributed by atoms with Crippen molar-refractivity contribution in [2.45, 2.75) is 6.42 Å². The monoisotopic (exact) mass is 280 g/mol. The molecule has 0 spiro atoms. The van der Waals surface area contributed by atoms with E-state index in [1.807, 2.05) is 18.2 Å². The minimum atomic E-state index is 0.0890. The van der Waals surface area contributed by atoms with Crippen LogP contribution in [-0.4, -0.2) is 34.9 Å². The summed E-state index contributed by atoms with van der Waals surface area (Å²) >= 11 is 3.28. The predicted molar refractivity (Wildman–Crippen MR) is 80.4 cm³/mol. The molecule has 0 aliphatic carbocycles. The maximum atomic E-state index is 11.6. The molecule has 5 heteroatoms. The second kappa shape index (κ2) is 7.48. The molecule has 1 heterocycles. The largest absolute Gasteiger partial charge is 0.355 e. The van der Waals surface area contributed by atoms with Crippen LogP contribution in [0.1, 0.15) is 5.56 Å². The van der Waals surface area contributed by atoms with E-state index < -0.39 is 0 Å². The van der Waals surface area contributed by atoms with Crippen molar-refractivity contribution in [3.8, 4) is 0 Å². The highest BCUT2D eigenvalue weighted by Crippen LogP contribution is 2.21. The van der Waals surface area contributed by atoms with Crippen LogP contribution in [0.15, 0.2) is 35.3 Å². The highest BCUT2D eigenvalue weighted by molar-refractivity contribution is 8.39. The van der Waals surface area contributed by atoms with E-state index in [1.165, 1.54) is 17.3 Å². The molecule has 18 heavy (non-hydrogen) atoms. The van der Waals surface area contributed by atoms with E-state index >= 15 is 0 Å². The molecule has 3 nitrogen and oxygen atoms in total. The lowest BCUT2D eigenvalue weighted by Crippen LogP contribution is -2.27. The second-order valence-electron chi connectivity index (χ2n) is 3.87. The van der Waals surface area contributed by atoms with E-state index in [9.17, 15) is 4.79 Å². The Morgan fingerprint density at radius 3 is 2.94 bits per heavy atom. The Morgan fingerprint density at radius 1 is 1.39 bits per heavy atom. The Balaban J connectivity index is 1.60. The zero-order valence-electron chi connectivity index (χ0n) is 10.1. The lowest BCUT2D eigenvalue weighted by atomic mass is 10.1. The maximum Gasteiger partial charge on any atom is 0.230 e. The Morgan fingerprint density at radius 2 is 2.22 bits per heavy atom. The van der Waals surface area contributed by atoms with Gasteiger partial charge in [-0.25, -0.2) is 0 Å². The third-order valence-electron chi connectivity index (χ3n) is 2.46. The fourth-order valence-electron chi connectivity index (χ4n) is 1.57. The highest BCUT2D eigenvalue weighted by atomic mass is 32.2. The van der Waals surface area contributed by atoms with Gasteiger partial charge < -0.3 is 5.32 Å². The molecule has 1 N–H and O–H groups in total. The summed E-state index contributed by atoms with van der Waals surface area (Å²) in [4.78, 5) is 15.9. The molecule has 0 radical (unpaired) electrons. The number of carbonyl (C=O) groups is 1. The average Bonchev–Trinajstić information content (AvgIpc) is 2.91. The second-order valence-corrected chi connectivity index (χ2v) is 6.18. The third kappa shape index (κ3) is 4.74. The molecule has 1 aliphatic heterocycles. The molecule has 0 aromatic heterocycles. The summed E-state index contributed by atoms with van der Waals surface area (Å²) in [5, 5.41) is 2.93. The number of rotatable bonds is 5. The quantitative estimate of drug-likeness (QED) is 0.899. The van der Waals surface area contributed by atoms with Crippen LogP contribution >= 0.6 is 23.5 Å². The summed E-state index contributed by atoms with van der Waals surface area (Å²) in [7, 11) is 0. The summed E-state index contributed by atoms with van der Waals surface area (Å²) in [6.07, 6.45) is 0.882.